The second-order valence-corrected chi connectivity index (χ2v) is 2.63. The first-order valence-electron chi connectivity index (χ1n) is 3.17. The maximum absolute atomic E-state index is 10.4. The van der Waals surface area contributed by atoms with E-state index in [0.717, 1.165) is 0 Å². The number of hydrogen-bond acceptors (Lipinski definition) is 3. The van der Waals surface area contributed by atoms with Gasteiger partial charge in [-0.1, -0.05) is 21.1 Å². The van der Waals surface area contributed by atoms with Crippen molar-refractivity contribution in [3.63, 3.8) is 0 Å². The van der Waals surface area contributed by atoms with Crippen LogP contribution in [0.5, 0.6) is 0 Å². The second-order valence-electron chi connectivity index (χ2n) is 2.10. The van der Waals surface area contributed by atoms with Gasteiger partial charge < -0.3 is 5.73 Å². The van der Waals surface area contributed by atoms with E-state index in [1.807, 2.05) is 0 Å². The van der Waals surface area contributed by atoms with Gasteiger partial charge in [0.1, 0.15) is 12.2 Å². The van der Waals surface area contributed by atoms with E-state index >= 15 is 0 Å². The third kappa shape index (κ3) is 2.46. The average Bonchev–Trinajstić information content (AvgIpc) is 2.36. The Balaban J connectivity index is 2.70. The van der Waals surface area contributed by atoms with Crippen molar-refractivity contribution in [2.24, 2.45) is 5.73 Å². The molecule has 12 heavy (non-hydrogen) atoms. The topological polar surface area (TPSA) is 73.8 Å². The molecule has 1 rings (SSSR count). The van der Waals surface area contributed by atoms with Crippen LogP contribution in [0.4, 0.5) is 0 Å². The van der Waals surface area contributed by atoms with E-state index in [1.54, 1.807) is 17.3 Å². The largest absolute Gasteiger partial charge is 0.368 e. The van der Waals surface area contributed by atoms with Crippen LogP contribution >= 0.6 is 15.9 Å². The predicted octanol–water partition coefficient (Wildman–Crippen LogP) is 0.129. The summed E-state index contributed by atoms with van der Waals surface area (Å²) in [4.78, 5) is 12.1. The lowest BCUT2D eigenvalue weighted by molar-refractivity contribution is -0.118. The molecule has 0 spiro atoms. The number of halogens is 1. The number of carbonyl (C=O) groups is 1. The van der Waals surface area contributed by atoms with E-state index < -0.39 is 5.91 Å². The van der Waals surface area contributed by atoms with Gasteiger partial charge in [0.25, 0.3) is 0 Å². The summed E-state index contributed by atoms with van der Waals surface area (Å²) in [6, 6.07) is 0. The van der Waals surface area contributed by atoms with Crippen molar-refractivity contribution >= 4 is 27.9 Å². The monoisotopic (exact) mass is 230 g/mol. The van der Waals surface area contributed by atoms with Gasteiger partial charge in [-0.25, -0.2) is 4.68 Å². The van der Waals surface area contributed by atoms with Gasteiger partial charge >= 0.3 is 0 Å². The molecular formula is C6H7BrN4O. The lowest BCUT2D eigenvalue weighted by atomic mass is 10.5. The summed E-state index contributed by atoms with van der Waals surface area (Å²) in [5.74, 6) is -0.436. The molecule has 1 amide bonds. The van der Waals surface area contributed by atoms with Crippen LogP contribution in [0.15, 0.2) is 11.2 Å². The molecule has 0 saturated carbocycles. The highest BCUT2D eigenvalue weighted by molar-refractivity contribution is 9.11. The molecule has 0 saturated heterocycles. The fraction of sp³-hybridized carbons (Fsp3) is 0.167. The van der Waals surface area contributed by atoms with Gasteiger partial charge in [0.15, 0.2) is 0 Å². The lowest BCUT2D eigenvalue weighted by Crippen LogP contribution is -2.18. The van der Waals surface area contributed by atoms with Gasteiger partial charge in [-0.2, -0.15) is 0 Å². The van der Waals surface area contributed by atoms with Gasteiger partial charge in [-0.05, 0) is 11.1 Å². The van der Waals surface area contributed by atoms with Gasteiger partial charge in [0.05, 0.1) is 6.20 Å². The number of nitrogens with zero attached hydrogens (tertiary/aromatic N) is 3. The molecular weight excluding hydrogens is 224 g/mol. The summed E-state index contributed by atoms with van der Waals surface area (Å²) in [5, 5.41) is 7.42. The molecule has 0 radical (unpaired) electrons. The van der Waals surface area contributed by atoms with E-state index in [-0.39, 0.29) is 6.54 Å². The quantitative estimate of drug-likeness (QED) is 0.803. The molecule has 0 unspecified atom stereocenters. The van der Waals surface area contributed by atoms with Crippen molar-refractivity contribution < 1.29 is 4.79 Å². The van der Waals surface area contributed by atoms with Crippen LogP contribution in [0.3, 0.4) is 0 Å². The molecule has 0 aliphatic heterocycles. The molecule has 0 aliphatic carbocycles. The number of amides is 1. The molecule has 0 aliphatic rings. The first-order valence-corrected chi connectivity index (χ1v) is 4.09. The SMILES string of the molecule is NC(=O)Cn1cc(/C=C/Br)nn1. The first kappa shape index (κ1) is 8.92. The highest BCUT2D eigenvalue weighted by atomic mass is 79.9. The van der Waals surface area contributed by atoms with Crippen LogP contribution in [0.25, 0.3) is 6.08 Å². The van der Waals surface area contributed by atoms with Crippen molar-refractivity contribution in [2.75, 3.05) is 0 Å². The van der Waals surface area contributed by atoms with Crippen LogP contribution in [0, 0.1) is 0 Å². The van der Waals surface area contributed by atoms with Crippen LogP contribution in [0.1, 0.15) is 5.69 Å². The zero-order valence-electron chi connectivity index (χ0n) is 6.14. The second kappa shape index (κ2) is 4.01. The van der Waals surface area contributed by atoms with Gasteiger partial charge in [0, 0.05) is 0 Å². The zero-order chi connectivity index (χ0) is 8.97. The molecule has 0 fully saturated rings. The normalized spacial score (nSPS) is 10.8. The molecule has 64 valence electrons. The minimum absolute atomic E-state index is 0.0587. The van der Waals surface area contributed by atoms with Gasteiger partial charge in [-0.3, -0.25) is 4.79 Å². The molecule has 6 heteroatoms. The molecule has 0 atom stereocenters. The third-order valence-electron chi connectivity index (χ3n) is 1.11. The minimum atomic E-state index is -0.436. The number of carbonyl (C=O) groups excluding carboxylic acids is 1. The van der Waals surface area contributed by atoms with Crippen molar-refractivity contribution in [1.82, 2.24) is 15.0 Å². The summed E-state index contributed by atoms with van der Waals surface area (Å²) >= 11 is 3.10. The third-order valence-corrected chi connectivity index (χ3v) is 1.37. The Morgan fingerprint density at radius 1 is 1.83 bits per heavy atom. The van der Waals surface area contributed by atoms with Crippen LogP contribution in [0.2, 0.25) is 0 Å². The number of rotatable bonds is 3. The Morgan fingerprint density at radius 3 is 3.17 bits per heavy atom. The Bertz CT molecular complexity index is 306. The van der Waals surface area contributed by atoms with Crippen LogP contribution < -0.4 is 5.73 Å². The van der Waals surface area contributed by atoms with E-state index in [2.05, 4.69) is 26.2 Å². The van der Waals surface area contributed by atoms with E-state index in [4.69, 9.17) is 5.73 Å². The molecule has 2 N–H and O–H groups in total. The summed E-state index contributed by atoms with van der Waals surface area (Å²) in [6.45, 7) is 0.0587. The molecule has 1 aromatic heterocycles. The van der Waals surface area contributed by atoms with Crippen LogP contribution in [-0.2, 0) is 11.3 Å². The van der Waals surface area contributed by atoms with Crippen molar-refractivity contribution in [2.45, 2.75) is 6.54 Å². The number of hydrogen-bond donors (Lipinski definition) is 1. The maximum Gasteiger partial charge on any atom is 0.239 e. The average molecular weight is 231 g/mol. The highest BCUT2D eigenvalue weighted by Crippen LogP contribution is 1.97. The molecule has 1 aromatic rings. The van der Waals surface area contributed by atoms with Gasteiger partial charge in [0.2, 0.25) is 5.91 Å². The van der Waals surface area contributed by atoms with E-state index in [9.17, 15) is 4.79 Å². The summed E-state index contributed by atoms with van der Waals surface area (Å²) in [7, 11) is 0. The van der Waals surface area contributed by atoms with Gasteiger partial charge in [-0.15, -0.1) is 5.10 Å². The fourth-order valence-corrected chi connectivity index (χ4v) is 0.962. The molecule has 5 nitrogen and oxygen atoms in total. The van der Waals surface area contributed by atoms with Crippen molar-refractivity contribution in [1.29, 1.82) is 0 Å². The molecule has 0 bridgehead atoms. The Labute approximate surface area is 77.4 Å². The molecule has 0 aromatic carbocycles. The number of primary amides is 1. The minimum Gasteiger partial charge on any atom is -0.368 e. The summed E-state index contributed by atoms with van der Waals surface area (Å²) < 4.78 is 1.38. The summed E-state index contributed by atoms with van der Waals surface area (Å²) in [5.41, 5.74) is 5.63. The van der Waals surface area contributed by atoms with E-state index in [1.165, 1.54) is 4.68 Å². The first-order chi connectivity index (χ1) is 5.72. The summed E-state index contributed by atoms with van der Waals surface area (Å²) in [6.07, 6.45) is 3.34. The fourth-order valence-electron chi connectivity index (χ4n) is 0.691. The van der Waals surface area contributed by atoms with E-state index in [0.29, 0.717) is 5.69 Å². The van der Waals surface area contributed by atoms with Crippen molar-refractivity contribution in [3.05, 3.63) is 16.9 Å². The Morgan fingerprint density at radius 2 is 2.58 bits per heavy atom. The van der Waals surface area contributed by atoms with Crippen LogP contribution in [-0.4, -0.2) is 20.9 Å². The zero-order valence-corrected chi connectivity index (χ0v) is 7.73. The number of aromatic nitrogens is 3. The Hall–Kier alpha value is -1.17. The smallest absolute Gasteiger partial charge is 0.239 e. The highest BCUT2D eigenvalue weighted by Gasteiger charge is 1.99. The Kier molecular flexibility index (Phi) is 2.98. The lowest BCUT2D eigenvalue weighted by Gasteiger charge is -1.91. The maximum atomic E-state index is 10.4. The predicted molar refractivity (Wildman–Crippen MR) is 47.2 cm³/mol. The molecule has 1 heterocycles. The van der Waals surface area contributed by atoms with Crippen molar-refractivity contribution in [3.8, 4) is 0 Å². The standard InChI is InChI=1S/C6H7BrN4O/c7-2-1-5-3-11(10-9-5)4-6(8)12/h1-3H,4H2,(H2,8,12)/b2-1+. The number of nitrogens with two attached hydrogens (primary N) is 1.